The first-order valence-corrected chi connectivity index (χ1v) is 7.35. The molecule has 0 radical (unpaired) electrons. The van der Waals surface area contributed by atoms with Gasteiger partial charge in [0, 0.05) is 4.90 Å². The van der Waals surface area contributed by atoms with E-state index in [2.05, 4.69) is 29.6 Å². The van der Waals surface area contributed by atoms with Crippen LogP contribution in [0.4, 0.5) is 0 Å². The van der Waals surface area contributed by atoms with E-state index < -0.39 is 0 Å². The fraction of sp³-hybridized carbons (Fsp3) is 0.200. The van der Waals surface area contributed by atoms with Crippen LogP contribution < -0.4 is 11.1 Å². The summed E-state index contributed by atoms with van der Waals surface area (Å²) in [5, 5.41) is 11.8. The second-order valence-corrected chi connectivity index (χ2v) is 6.06. The lowest BCUT2D eigenvalue weighted by molar-refractivity contribution is -0.119. The Morgan fingerprint density at radius 2 is 2.10 bits per heavy atom. The zero-order valence-electron chi connectivity index (χ0n) is 10.8. The lowest BCUT2D eigenvalue weighted by Gasteiger charge is -2.24. The molecule has 3 rings (SSSR count). The average Bonchev–Trinajstić information content (AvgIpc) is 2.45. The van der Waals surface area contributed by atoms with Crippen LogP contribution in [0, 0.1) is 5.41 Å². The Kier molecular flexibility index (Phi) is 3.36. The van der Waals surface area contributed by atoms with Crippen LogP contribution in [-0.2, 0) is 11.2 Å². The molecular formula is C15H15N3OS. The summed E-state index contributed by atoms with van der Waals surface area (Å²) in [5.41, 5.74) is 6.53. The topological polar surface area (TPSA) is 79.0 Å². The van der Waals surface area contributed by atoms with Gasteiger partial charge >= 0.3 is 0 Å². The van der Waals surface area contributed by atoms with Crippen molar-refractivity contribution in [2.24, 2.45) is 5.73 Å². The molecule has 2 aromatic carbocycles. The number of guanidine groups is 1. The minimum absolute atomic E-state index is 0.174. The van der Waals surface area contributed by atoms with Gasteiger partial charge in [-0.3, -0.25) is 15.5 Å². The van der Waals surface area contributed by atoms with Crippen molar-refractivity contribution in [3.63, 3.8) is 0 Å². The molecule has 0 saturated heterocycles. The van der Waals surface area contributed by atoms with E-state index in [0.717, 1.165) is 17.7 Å². The Morgan fingerprint density at radius 3 is 2.90 bits per heavy atom. The molecule has 4 nitrogen and oxygen atoms in total. The van der Waals surface area contributed by atoms with Gasteiger partial charge in [0.05, 0.1) is 5.25 Å². The van der Waals surface area contributed by atoms with Crippen LogP contribution in [0.15, 0.2) is 41.3 Å². The van der Waals surface area contributed by atoms with E-state index in [1.54, 1.807) is 11.8 Å². The van der Waals surface area contributed by atoms with E-state index in [4.69, 9.17) is 11.1 Å². The van der Waals surface area contributed by atoms with Crippen molar-refractivity contribution < 1.29 is 4.79 Å². The number of carbonyl (C=O) groups is 1. The molecule has 0 spiro atoms. The maximum absolute atomic E-state index is 11.9. The first-order chi connectivity index (χ1) is 9.65. The highest BCUT2D eigenvalue weighted by atomic mass is 32.2. The average molecular weight is 285 g/mol. The van der Waals surface area contributed by atoms with Gasteiger partial charge in [0.2, 0.25) is 5.91 Å². The molecule has 2 aromatic rings. The van der Waals surface area contributed by atoms with Crippen molar-refractivity contribution in [3.8, 4) is 0 Å². The summed E-state index contributed by atoms with van der Waals surface area (Å²) in [5.74, 6) is -0.471. The van der Waals surface area contributed by atoms with Crippen LogP contribution >= 0.6 is 11.8 Å². The number of aryl methyl sites for hydroxylation is 1. The van der Waals surface area contributed by atoms with Crippen LogP contribution in [0.25, 0.3) is 10.8 Å². The van der Waals surface area contributed by atoms with E-state index in [0.29, 0.717) is 0 Å². The minimum Gasteiger partial charge on any atom is -0.370 e. The Balaban J connectivity index is 1.91. The van der Waals surface area contributed by atoms with Gasteiger partial charge in [-0.25, -0.2) is 0 Å². The van der Waals surface area contributed by atoms with Gasteiger partial charge < -0.3 is 5.73 Å². The first kappa shape index (κ1) is 13.0. The number of amides is 1. The molecule has 1 aliphatic heterocycles. The highest BCUT2D eigenvalue weighted by Crippen LogP contribution is 2.38. The molecule has 102 valence electrons. The molecule has 20 heavy (non-hydrogen) atoms. The molecule has 0 aromatic heterocycles. The molecule has 5 heteroatoms. The fourth-order valence-electron chi connectivity index (χ4n) is 2.57. The van der Waals surface area contributed by atoms with Crippen molar-refractivity contribution in [3.05, 3.63) is 42.0 Å². The van der Waals surface area contributed by atoms with Gasteiger partial charge in [0.25, 0.3) is 0 Å². The number of thioether (sulfide) groups is 1. The second kappa shape index (κ2) is 5.17. The largest absolute Gasteiger partial charge is 0.370 e. The maximum atomic E-state index is 11.9. The molecule has 0 aliphatic carbocycles. The number of rotatable bonds is 1. The van der Waals surface area contributed by atoms with Crippen LogP contribution in [0.5, 0.6) is 0 Å². The summed E-state index contributed by atoms with van der Waals surface area (Å²) in [7, 11) is 0. The summed E-state index contributed by atoms with van der Waals surface area (Å²) in [6.45, 7) is 0. The highest BCUT2D eigenvalue weighted by Gasteiger charge is 2.26. The Morgan fingerprint density at radius 1 is 1.30 bits per heavy atom. The van der Waals surface area contributed by atoms with Crippen molar-refractivity contribution in [2.45, 2.75) is 23.0 Å². The number of hydrogen-bond acceptors (Lipinski definition) is 3. The van der Waals surface area contributed by atoms with Gasteiger partial charge in [-0.1, -0.05) is 30.3 Å². The Labute approximate surface area is 121 Å². The quantitative estimate of drug-likeness (QED) is 0.555. The third-order valence-corrected chi connectivity index (χ3v) is 4.84. The third kappa shape index (κ3) is 2.36. The Hall–Kier alpha value is -2.01. The van der Waals surface area contributed by atoms with Crippen molar-refractivity contribution in [1.82, 2.24) is 5.32 Å². The van der Waals surface area contributed by atoms with Crippen molar-refractivity contribution in [2.75, 3.05) is 0 Å². The van der Waals surface area contributed by atoms with E-state index in [9.17, 15) is 4.79 Å². The SMILES string of the molecule is N=C(N)NC(=O)C1CCc2c(ccc3ccccc23)S1. The van der Waals surface area contributed by atoms with E-state index in [1.165, 1.54) is 16.3 Å². The van der Waals surface area contributed by atoms with E-state index >= 15 is 0 Å². The molecule has 1 atom stereocenters. The molecule has 0 fully saturated rings. The Bertz CT molecular complexity index is 699. The molecular weight excluding hydrogens is 270 g/mol. The van der Waals surface area contributed by atoms with Crippen LogP contribution in [0.2, 0.25) is 0 Å². The van der Waals surface area contributed by atoms with Gasteiger partial charge in [-0.2, -0.15) is 0 Å². The standard InChI is InChI=1S/C15H15N3OS/c16-15(17)18-14(19)13-8-6-11-10-4-2-1-3-9(10)5-7-12(11)20-13/h1-5,7,13H,6,8H2,(H4,16,17,18,19). The normalized spacial score (nSPS) is 17.5. The minimum atomic E-state index is -0.292. The van der Waals surface area contributed by atoms with Crippen molar-refractivity contribution >= 4 is 34.4 Å². The molecule has 1 amide bonds. The molecule has 0 bridgehead atoms. The van der Waals surface area contributed by atoms with Gasteiger partial charge in [-0.15, -0.1) is 11.8 Å². The second-order valence-electron chi connectivity index (χ2n) is 4.81. The van der Waals surface area contributed by atoms with Gasteiger partial charge in [-0.05, 0) is 35.2 Å². The molecule has 1 unspecified atom stereocenters. The number of fused-ring (bicyclic) bond motifs is 3. The lowest BCUT2D eigenvalue weighted by atomic mass is 9.99. The van der Waals surface area contributed by atoms with Crippen molar-refractivity contribution in [1.29, 1.82) is 5.41 Å². The zero-order valence-corrected chi connectivity index (χ0v) is 11.7. The summed E-state index contributed by atoms with van der Waals surface area (Å²) in [6.07, 6.45) is 1.64. The van der Waals surface area contributed by atoms with E-state index in [-0.39, 0.29) is 17.1 Å². The lowest BCUT2D eigenvalue weighted by Crippen LogP contribution is -2.41. The van der Waals surface area contributed by atoms with Crippen LogP contribution in [-0.4, -0.2) is 17.1 Å². The molecule has 1 heterocycles. The molecule has 4 N–H and O–H groups in total. The maximum Gasteiger partial charge on any atom is 0.240 e. The fourth-order valence-corrected chi connectivity index (χ4v) is 3.78. The number of nitrogens with two attached hydrogens (primary N) is 1. The number of nitrogens with one attached hydrogen (secondary N) is 2. The summed E-state index contributed by atoms with van der Waals surface area (Å²) in [6, 6.07) is 12.5. The third-order valence-electron chi connectivity index (χ3n) is 3.47. The first-order valence-electron chi connectivity index (χ1n) is 6.47. The zero-order chi connectivity index (χ0) is 14.1. The number of carbonyl (C=O) groups excluding carboxylic acids is 1. The number of hydrogen-bond donors (Lipinski definition) is 3. The van der Waals surface area contributed by atoms with Gasteiger partial charge in [0.1, 0.15) is 0 Å². The summed E-state index contributed by atoms with van der Waals surface area (Å²) >= 11 is 1.56. The predicted octanol–water partition coefficient (Wildman–Crippen LogP) is 2.26. The smallest absolute Gasteiger partial charge is 0.240 e. The molecule has 1 aliphatic rings. The van der Waals surface area contributed by atoms with E-state index in [1.807, 2.05) is 12.1 Å². The highest BCUT2D eigenvalue weighted by molar-refractivity contribution is 8.00. The monoisotopic (exact) mass is 285 g/mol. The van der Waals surface area contributed by atoms with Crippen LogP contribution in [0.3, 0.4) is 0 Å². The summed E-state index contributed by atoms with van der Waals surface area (Å²) in [4.78, 5) is 13.1. The van der Waals surface area contributed by atoms with Gasteiger partial charge in [0.15, 0.2) is 5.96 Å². The van der Waals surface area contributed by atoms with Crippen LogP contribution in [0.1, 0.15) is 12.0 Å². The number of benzene rings is 2. The molecule has 0 saturated carbocycles. The predicted molar refractivity (Wildman–Crippen MR) is 82.0 cm³/mol. The summed E-state index contributed by atoms with van der Waals surface area (Å²) < 4.78 is 0.